The Bertz CT molecular complexity index is 1110. The smallest absolute Gasteiger partial charge is 0.336 e. The first kappa shape index (κ1) is 18.5. The number of anilines is 1. The second-order valence-corrected chi connectivity index (χ2v) is 7.13. The Hall–Kier alpha value is -2.89. The Labute approximate surface area is 161 Å². The second kappa shape index (κ2) is 7.26. The molecular formula is C22H21F2NO3. The molecule has 3 aromatic rings. The third-order valence-corrected chi connectivity index (χ3v) is 5.15. The molecule has 1 aliphatic heterocycles. The summed E-state index contributed by atoms with van der Waals surface area (Å²) >= 11 is 0. The minimum absolute atomic E-state index is 0.127. The van der Waals surface area contributed by atoms with Crippen molar-refractivity contribution in [2.75, 3.05) is 11.6 Å². The van der Waals surface area contributed by atoms with E-state index in [4.69, 9.17) is 9.15 Å². The molecule has 1 aliphatic rings. The molecule has 0 spiro atoms. The molecule has 0 amide bonds. The monoisotopic (exact) mass is 385 g/mol. The van der Waals surface area contributed by atoms with Crippen LogP contribution in [0.25, 0.3) is 11.0 Å². The fraction of sp³-hybridized carbons (Fsp3) is 0.318. The lowest BCUT2D eigenvalue weighted by molar-refractivity contribution is 0.285. The number of ether oxygens (including phenoxy) is 1. The van der Waals surface area contributed by atoms with Crippen LogP contribution in [0.5, 0.6) is 5.75 Å². The van der Waals surface area contributed by atoms with Crippen LogP contribution in [0.3, 0.4) is 0 Å². The van der Waals surface area contributed by atoms with E-state index in [1.807, 2.05) is 13.0 Å². The van der Waals surface area contributed by atoms with Crippen molar-refractivity contribution in [3.05, 3.63) is 69.1 Å². The van der Waals surface area contributed by atoms with Gasteiger partial charge < -0.3 is 14.1 Å². The molecule has 0 unspecified atom stereocenters. The van der Waals surface area contributed by atoms with Gasteiger partial charge in [-0.3, -0.25) is 0 Å². The maximum atomic E-state index is 14.2. The lowest BCUT2D eigenvalue weighted by Gasteiger charge is -2.32. The molecule has 0 bridgehead atoms. The van der Waals surface area contributed by atoms with E-state index in [1.54, 1.807) is 11.0 Å². The fourth-order valence-electron chi connectivity index (χ4n) is 3.75. The fourth-order valence-corrected chi connectivity index (χ4v) is 3.75. The number of hydrogen-bond donors (Lipinski definition) is 0. The summed E-state index contributed by atoms with van der Waals surface area (Å²) in [6, 6.07) is 7.02. The van der Waals surface area contributed by atoms with Gasteiger partial charge in [0.1, 0.15) is 23.0 Å². The molecule has 6 heteroatoms. The molecule has 2 aromatic carbocycles. The van der Waals surface area contributed by atoms with Crippen LogP contribution in [0.1, 0.15) is 36.5 Å². The van der Waals surface area contributed by atoms with E-state index >= 15 is 0 Å². The lowest BCUT2D eigenvalue weighted by Crippen LogP contribution is -2.33. The maximum Gasteiger partial charge on any atom is 0.336 e. The van der Waals surface area contributed by atoms with Crippen LogP contribution in [0, 0.1) is 18.6 Å². The average Bonchev–Trinajstić information content (AvgIpc) is 2.66. The number of halogens is 2. The first-order valence-corrected chi connectivity index (χ1v) is 9.40. The van der Waals surface area contributed by atoms with Crippen LogP contribution in [0.4, 0.5) is 14.5 Å². The summed E-state index contributed by atoms with van der Waals surface area (Å²) in [6.45, 7) is 4.51. The number of benzene rings is 2. The molecule has 0 aliphatic carbocycles. The summed E-state index contributed by atoms with van der Waals surface area (Å²) in [5.41, 5.74) is 3.06. The highest BCUT2D eigenvalue weighted by molar-refractivity contribution is 5.86. The number of nitrogens with zero attached hydrogens (tertiary/aromatic N) is 1. The van der Waals surface area contributed by atoms with Gasteiger partial charge in [-0.05, 0) is 43.5 Å². The van der Waals surface area contributed by atoms with Gasteiger partial charge in [0.15, 0.2) is 6.73 Å². The van der Waals surface area contributed by atoms with Gasteiger partial charge in [-0.25, -0.2) is 13.6 Å². The Morgan fingerprint density at radius 1 is 1.18 bits per heavy atom. The van der Waals surface area contributed by atoms with E-state index < -0.39 is 11.6 Å². The zero-order valence-electron chi connectivity index (χ0n) is 15.9. The molecule has 2 heterocycles. The largest absolute Gasteiger partial charge is 0.472 e. The van der Waals surface area contributed by atoms with Gasteiger partial charge in [-0.15, -0.1) is 0 Å². The van der Waals surface area contributed by atoms with Gasteiger partial charge in [-0.2, -0.15) is 0 Å². The number of aryl methyl sites for hydroxylation is 2. The zero-order valence-corrected chi connectivity index (χ0v) is 15.9. The Morgan fingerprint density at radius 3 is 2.75 bits per heavy atom. The quantitative estimate of drug-likeness (QED) is 0.588. The van der Waals surface area contributed by atoms with Gasteiger partial charge in [0.2, 0.25) is 0 Å². The van der Waals surface area contributed by atoms with Crippen molar-refractivity contribution >= 4 is 16.7 Å². The van der Waals surface area contributed by atoms with E-state index in [-0.39, 0.29) is 18.0 Å². The van der Waals surface area contributed by atoms with Gasteiger partial charge in [0.25, 0.3) is 0 Å². The van der Waals surface area contributed by atoms with Crippen molar-refractivity contribution in [3.8, 4) is 5.75 Å². The Kier molecular flexibility index (Phi) is 4.79. The molecular weight excluding hydrogens is 364 g/mol. The Balaban J connectivity index is 1.79. The molecule has 1 aromatic heterocycles. The van der Waals surface area contributed by atoms with E-state index in [0.717, 1.165) is 47.4 Å². The van der Waals surface area contributed by atoms with Gasteiger partial charge in [0.05, 0.1) is 5.69 Å². The van der Waals surface area contributed by atoms with Crippen molar-refractivity contribution in [1.82, 2.24) is 0 Å². The van der Waals surface area contributed by atoms with E-state index in [0.29, 0.717) is 17.9 Å². The number of rotatable bonds is 4. The van der Waals surface area contributed by atoms with Crippen molar-refractivity contribution in [1.29, 1.82) is 0 Å². The second-order valence-electron chi connectivity index (χ2n) is 7.13. The maximum absolute atomic E-state index is 14.2. The van der Waals surface area contributed by atoms with Crippen LogP contribution < -0.4 is 15.3 Å². The molecule has 0 atom stereocenters. The number of hydrogen-bond acceptors (Lipinski definition) is 4. The van der Waals surface area contributed by atoms with Gasteiger partial charge in [-0.1, -0.05) is 13.3 Å². The summed E-state index contributed by atoms with van der Waals surface area (Å²) < 4.78 is 38.8. The predicted molar refractivity (Wildman–Crippen MR) is 104 cm³/mol. The molecule has 0 saturated carbocycles. The average molecular weight is 385 g/mol. The van der Waals surface area contributed by atoms with Crippen molar-refractivity contribution in [2.24, 2.45) is 0 Å². The first-order valence-electron chi connectivity index (χ1n) is 9.40. The molecule has 0 saturated heterocycles. The van der Waals surface area contributed by atoms with Crippen LogP contribution in [0.2, 0.25) is 0 Å². The zero-order chi connectivity index (χ0) is 19.8. The van der Waals surface area contributed by atoms with Gasteiger partial charge >= 0.3 is 5.63 Å². The molecule has 0 radical (unpaired) electrons. The third-order valence-electron chi connectivity index (χ3n) is 5.15. The van der Waals surface area contributed by atoms with Crippen LogP contribution in [-0.2, 0) is 13.0 Å². The molecule has 28 heavy (non-hydrogen) atoms. The summed E-state index contributed by atoms with van der Waals surface area (Å²) in [5, 5.41) is 0.884. The highest BCUT2D eigenvalue weighted by Crippen LogP contribution is 2.37. The van der Waals surface area contributed by atoms with Crippen LogP contribution in [-0.4, -0.2) is 6.73 Å². The number of fused-ring (bicyclic) bond motifs is 2. The SMILES string of the molecule is CCCCc1cc(=O)oc2c(C)c3c(cc12)CN(c1ccc(F)cc1F)CO3. The highest BCUT2D eigenvalue weighted by Gasteiger charge is 2.24. The third kappa shape index (κ3) is 3.23. The minimum Gasteiger partial charge on any atom is -0.472 e. The van der Waals surface area contributed by atoms with E-state index in [2.05, 4.69) is 6.92 Å². The van der Waals surface area contributed by atoms with E-state index in [1.165, 1.54) is 12.1 Å². The molecule has 4 rings (SSSR count). The van der Waals surface area contributed by atoms with Crippen LogP contribution >= 0.6 is 0 Å². The van der Waals surface area contributed by atoms with Crippen LogP contribution in [0.15, 0.2) is 39.5 Å². The summed E-state index contributed by atoms with van der Waals surface area (Å²) in [6.07, 6.45) is 2.78. The minimum atomic E-state index is -0.626. The highest BCUT2D eigenvalue weighted by atomic mass is 19.1. The van der Waals surface area contributed by atoms with Crippen molar-refractivity contribution in [2.45, 2.75) is 39.7 Å². The first-order chi connectivity index (χ1) is 13.5. The molecule has 4 nitrogen and oxygen atoms in total. The van der Waals surface area contributed by atoms with Crippen molar-refractivity contribution < 1.29 is 17.9 Å². The summed E-state index contributed by atoms with van der Waals surface area (Å²) in [4.78, 5) is 13.7. The molecule has 0 N–H and O–H groups in total. The summed E-state index contributed by atoms with van der Waals surface area (Å²) in [7, 11) is 0. The van der Waals surface area contributed by atoms with Crippen molar-refractivity contribution in [3.63, 3.8) is 0 Å². The van der Waals surface area contributed by atoms with E-state index in [9.17, 15) is 13.6 Å². The molecule has 146 valence electrons. The van der Waals surface area contributed by atoms with Gasteiger partial charge in [0, 0.05) is 35.2 Å². The standard InChI is InChI=1S/C22H21F2NO3/c1-3-4-5-14-9-20(26)28-22-13(2)21-15(8-17(14)22)11-25(12-27-21)19-7-6-16(23)10-18(19)24/h6-10H,3-5,11-12H2,1-2H3. The Morgan fingerprint density at radius 2 is 2.00 bits per heavy atom. The number of unbranched alkanes of at least 4 members (excludes halogenated alkanes) is 1. The topological polar surface area (TPSA) is 42.7 Å². The normalized spacial score (nSPS) is 13.5. The lowest BCUT2D eigenvalue weighted by atomic mass is 9.98. The summed E-state index contributed by atoms with van der Waals surface area (Å²) in [5.74, 6) is -0.585. The predicted octanol–water partition coefficient (Wildman–Crippen LogP) is 5.08. The molecule has 0 fully saturated rings.